The summed E-state index contributed by atoms with van der Waals surface area (Å²) >= 11 is 0. The second-order valence-electron chi connectivity index (χ2n) is 6.68. The summed E-state index contributed by atoms with van der Waals surface area (Å²) in [5.41, 5.74) is 3.85. The molecule has 1 fully saturated rings. The topological polar surface area (TPSA) is 78.5 Å². The van der Waals surface area contributed by atoms with Gasteiger partial charge in [0.1, 0.15) is 11.8 Å². The molecule has 24 heavy (non-hydrogen) atoms. The summed E-state index contributed by atoms with van der Waals surface area (Å²) in [5.74, 6) is 0.449. The van der Waals surface area contributed by atoms with Crippen LogP contribution in [0.3, 0.4) is 0 Å². The van der Waals surface area contributed by atoms with E-state index in [0.29, 0.717) is 19.1 Å². The normalized spacial score (nSPS) is 17.6. The number of ether oxygens (including phenoxy) is 1. The molecule has 0 bridgehead atoms. The first kappa shape index (κ1) is 15.2. The van der Waals surface area contributed by atoms with Crippen molar-refractivity contribution in [3.8, 4) is 5.75 Å². The van der Waals surface area contributed by atoms with Crippen LogP contribution in [-0.2, 0) is 17.8 Å². The number of nitrogens with zero attached hydrogens (tertiary/aromatic N) is 2. The highest BCUT2D eigenvalue weighted by Gasteiger charge is 2.31. The number of carbonyl (C=O) groups is 1. The van der Waals surface area contributed by atoms with Gasteiger partial charge in [0.2, 0.25) is 0 Å². The summed E-state index contributed by atoms with van der Waals surface area (Å²) in [6, 6.07) is 7.07. The van der Waals surface area contributed by atoms with Crippen molar-refractivity contribution in [2.45, 2.75) is 37.8 Å². The number of rotatable bonds is 6. The molecule has 2 aliphatic rings. The maximum atomic E-state index is 11.9. The highest BCUT2D eigenvalue weighted by molar-refractivity contribution is 5.77. The fraction of sp³-hybridized carbons (Fsp3) is 0.444. The zero-order chi connectivity index (χ0) is 16.7. The van der Waals surface area contributed by atoms with Crippen molar-refractivity contribution in [3.05, 3.63) is 46.8 Å². The average molecular weight is 327 g/mol. The fourth-order valence-electron chi connectivity index (χ4n) is 3.42. The van der Waals surface area contributed by atoms with Crippen LogP contribution in [0.5, 0.6) is 5.75 Å². The van der Waals surface area contributed by atoms with Gasteiger partial charge in [0.15, 0.2) is 0 Å². The van der Waals surface area contributed by atoms with Crippen LogP contribution in [0.1, 0.15) is 47.3 Å². The van der Waals surface area contributed by atoms with Crippen LogP contribution in [0.25, 0.3) is 0 Å². The van der Waals surface area contributed by atoms with Gasteiger partial charge in [-0.2, -0.15) is 5.10 Å². The molecule has 0 radical (unpaired) electrons. The minimum absolute atomic E-state index is 0.500. The lowest BCUT2D eigenvalue weighted by Crippen LogP contribution is -2.31. The number of likely N-dealkylation sites (N-methyl/N-ethyl adjacent to an activating group) is 1. The van der Waals surface area contributed by atoms with E-state index in [-0.39, 0.29) is 0 Å². The molecule has 126 valence electrons. The van der Waals surface area contributed by atoms with Gasteiger partial charge in [-0.25, -0.2) is 0 Å². The van der Waals surface area contributed by atoms with Gasteiger partial charge in [0.25, 0.3) is 0 Å². The third kappa shape index (κ3) is 2.78. The Hall–Kier alpha value is -2.34. The molecule has 0 saturated heterocycles. The van der Waals surface area contributed by atoms with Crippen molar-refractivity contribution < 1.29 is 14.6 Å². The highest BCUT2D eigenvalue weighted by atomic mass is 16.5. The van der Waals surface area contributed by atoms with E-state index >= 15 is 0 Å². The molecular weight excluding hydrogens is 306 g/mol. The van der Waals surface area contributed by atoms with Crippen LogP contribution in [-0.4, -0.2) is 39.8 Å². The number of aromatic nitrogens is 2. The lowest BCUT2D eigenvalue weighted by atomic mass is 10.0. The Morgan fingerprint density at radius 2 is 2.33 bits per heavy atom. The van der Waals surface area contributed by atoms with Gasteiger partial charge in [-0.15, -0.1) is 0 Å². The SMILES string of the molecule is CN(Cc1cc(C2CC2)n[nH]1)[C@H](C(=O)O)c1cccc2c1OCC2. The first-order valence-electron chi connectivity index (χ1n) is 8.35. The zero-order valence-corrected chi connectivity index (χ0v) is 13.7. The number of H-pyrrole nitrogens is 1. The highest BCUT2D eigenvalue weighted by Crippen LogP contribution is 2.39. The number of carboxylic acid groups (broad SMARTS) is 1. The van der Waals surface area contributed by atoms with Crippen LogP contribution >= 0.6 is 0 Å². The molecule has 4 rings (SSSR count). The van der Waals surface area contributed by atoms with Crippen molar-refractivity contribution in [3.63, 3.8) is 0 Å². The van der Waals surface area contributed by atoms with E-state index in [4.69, 9.17) is 4.74 Å². The molecule has 2 heterocycles. The predicted molar refractivity (Wildman–Crippen MR) is 88.0 cm³/mol. The average Bonchev–Trinajstić information content (AvgIpc) is 3.09. The zero-order valence-electron chi connectivity index (χ0n) is 13.7. The van der Waals surface area contributed by atoms with Gasteiger partial charge < -0.3 is 9.84 Å². The van der Waals surface area contributed by atoms with Gasteiger partial charge in [-0.05, 0) is 31.5 Å². The molecule has 1 aromatic heterocycles. The van der Waals surface area contributed by atoms with E-state index in [1.54, 1.807) is 0 Å². The number of fused-ring (bicyclic) bond motifs is 1. The summed E-state index contributed by atoms with van der Waals surface area (Å²) in [4.78, 5) is 13.8. The molecule has 2 N–H and O–H groups in total. The molecule has 0 spiro atoms. The molecular formula is C18H21N3O3. The number of para-hydroxylation sites is 1. The minimum atomic E-state index is -0.872. The number of carboxylic acids is 1. The Morgan fingerprint density at radius 1 is 1.50 bits per heavy atom. The van der Waals surface area contributed by atoms with E-state index in [1.165, 1.54) is 12.8 Å². The number of aliphatic carboxylic acids is 1. The second kappa shape index (κ2) is 5.94. The number of hydrogen-bond donors (Lipinski definition) is 2. The molecule has 1 aromatic carbocycles. The third-order valence-corrected chi connectivity index (χ3v) is 4.78. The molecule has 0 amide bonds. The maximum Gasteiger partial charge on any atom is 0.325 e. The number of aromatic amines is 1. The smallest absolute Gasteiger partial charge is 0.325 e. The van der Waals surface area contributed by atoms with Crippen LogP contribution in [0, 0.1) is 0 Å². The molecule has 1 atom stereocenters. The maximum absolute atomic E-state index is 11.9. The monoisotopic (exact) mass is 327 g/mol. The van der Waals surface area contributed by atoms with Gasteiger partial charge in [-0.3, -0.25) is 14.8 Å². The van der Waals surface area contributed by atoms with Crippen molar-refractivity contribution in [1.29, 1.82) is 0 Å². The van der Waals surface area contributed by atoms with Crippen LogP contribution < -0.4 is 4.74 Å². The predicted octanol–water partition coefficient (Wildman–Crippen LogP) is 2.48. The lowest BCUT2D eigenvalue weighted by Gasteiger charge is -2.25. The van der Waals surface area contributed by atoms with E-state index in [9.17, 15) is 9.90 Å². The van der Waals surface area contributed by atoms with E-state index in [0.717, 1.165) is 34.7 Å². The Kier molecular flexibility index (Phi) is 3.76. The minimum Gasteiger partial charge on any atom is -0.493 e. The van der Waals surface area contributed by atoms with E-state index in [2.05, 4.69) is 16.3 Å². The molecule has 6 heteroatoms. The Morgan fingerprint density at radius 3 is 3.08 bits per heavy atom. The summed E-state index contributed by atoms with van der Waals surface area (Å²) < 4.78 is 5.69. The van der Waals surface area contributed by atoms with Gasteiger partial charge in [0.05, 0.1) is 12.3 Å². The summed E-state index contributed by atoms with van der Waals surface area (Å²) in [5, 5.41) is 17.2. The second-order valence-corrected chi connectivity index (χ2v) is 6.68. The summed E-state index contributed by atoms with van der Waals surface area (Å²) in [7, 11) is 1.82. The van der Waals surface area contributed by atoms with Crippen molar-refractivity contribution in [1.82, 2.24) is 15.1 Å². The number of nitrogens with one attached hydrogen (secondary N) is 1. The van der Waals surface area contributed by atoms with Crippen LogP contribution in [0.4, 0.5) is 0 Å². The van der Waals surface area contributed by atoms with E-state index < -0.39 is 12.0 Å². The van der Waals surface area contributed by atoms with Gasteiger partial charge in [0, 0.05) is 30.1 Å². The summed E-state index contributed by atoms with van der Waals surface area (Å²) in [6.45, 7) is 1.12. The molecule has 1 aliphatic carbocycles. The molecule has 1 saturated carbocycles. The van der Waals surface area contributed by atoms with Gasteiger partial charge >= 0.3 is 5.97 Å². The molecule has 6 nitrogen and oxygen atoms in total. The standard InChI is InChI=1S/C18H21N3O3/c1-21(10-13-9-15(20-19-13)11-5-6-11)16(18(22)23)14-4-2-3-12-7-8-24-17(12)14/h2-4,9,11,16H,5-8,10H2,1H3,(H,19,20)(H,22,23)/t16-/m0/s1. The Balaban J connectivity index is 1.58. The Labute approximate surface area is 140 Å². The number of benzene rings is 1. The first-order chi connectivity index (χ1) is 11.6. The molecule has 0 unspecified atom stereocenters. The fourth-order valence-corrected chi connectivity index (χ4v) is 3.42. The van der Waals surface area contributed by atoms with E-state index in [1.807, 2.05) is 30.1 Å². The van der Waals surface area contributed by atoms with Crippen molar-refractivity contribution >= 4 is 5.97 Å². The van der Waals surface area contributed by atoms with Crippen LogP contribution in [0.15, 0.2) is 24.3 Å². The summed E-state index contributed by atoms with van der Waals surface area (Å²) in [6.07, 6.45) is 3.24. The Bertz CT molecular complexity index is 767. The molecule has 1 aliphatic heterocycles. The lowest BCUT2D eigenvalue weighted by molar-refractivity contribution is -0.143. The van der Waals surface area contributed by atoms with Gasteiger partial charge in [-0.1, -0.05) is 18.2 Å². The quantitative estimate of drug-likeness (QED) is 0.852. The molecule has 2 aromatic rings. The van der Waals surface area contributed by atoms with Crippen LogP contribution in [0.2, 0.25) is 0 Å². The van der Waals surface area contributed by atoms with Crippen molar-refractivity contribution in [2.24, 2.45) is 0 Å². The van der Waals surface area contributed by atoms with Crippen molar-refractivity contribution in [2.75, 3.05) is 13.7 Å². The third-order valence-electron chi connectivity index (χ3n) is 4.78. The largest absolute Gasteiger partial charge is 0.493 e. The number of hydrogen-bond acceptors (Lipinski definition) is 4. The first-order valence-corrected chi connectivity index (χ1v) is 8.35.